The SMILES string of the molecule is CN=C([S-])N/N=C(C)/C(=N/NC([S-])=NC)C(C)c1cccnc1.[Cu+2]. The first kappa shape index (κ1) is 22.4. The Kier molecular flexibility index (Phi) is 11.1. The molecule has 10 heteroatoms. The molecular weight excluding hydrogens is 394 g/mol. The predicted octanol–water partition coefficient (Wildman–Crippen LogP) is 1.16. The molecule has 1 radical (unpaired) electrons. The van der Waals surface area contributed by atoms with Gasteiger partial charge in [-0.1, -0.05) is 13.0 Å². The van der Waals surface area contributed by atoms with E-state index in [1.165, 1.54) is 0 Å². The molecule has 0 aliphatic heterocycles. The van der Waals surface area contributed by atoms with Crippen molar-refractivity contribution in [2.45, 2.75) is 19.8 Å². The van der Waals surface area contributed by atoms with Crippen LogP contribution in [-0.4, -0.2) is 40.8 Å². The molecule has 0 saturated heterocycles. The van der Waals surface area contributed by atoms with Crippen molar-refractivity contribution in [3.05, 3.63) is 30.1 Å². The van der Waals surface area contributed by atoms with Crippen LogP contribution in [0, 0.1) is 0 Å². The molecule has 0 fully saturated rings. The molecule has 0 aromatic carbocycles. The second kappa shape index (κ2) is 11.9. The van der Waals surface area contributed by atoms with Gasteiger partial charge in [-0.25, -0.2) is 0 Å². The van der Waals surface area contributed by atoms with Crippen LogP contribution in [0.1, 0.15) is 25.3 Å². The molecule has 0 saturated carbocycles. The zero-order valence-corrected chi connectivity index (χ0v) is 16.3. The minimum Gasteiger partial charge on any atom is -0.741 e. The van der Waals surface area contributed by atoms with Crippen molar-refractivity contribution in [2.75, 3.05) is 14.1 Å². The summed E-state index contributed by atoms with van der Waals surface area (Å²) < 4.78 is 0. The molecule has 1 aromatic rings. The summed E-state index contributed by atoms with van der Waals surface area (Å²) in [5.74, 6) is -0.0476. The van der Waals surface area contributed by atoms with Gasteiger partial charge in [-0.3, -0.25) is 25.8 Å². The molecule has 2 N–H and O–H groups in total. The van der Waals surface area contributed by atoms with E-state index in [-0.39, 0.29) is 23.0 Å². The standard InChI is InChI=1S/C14H21N7S2.Cu/c1-9(11-6-5-7-17-8-11)12(19-21-14(23)16-4)10(2)18-20-13(22)15-3;/h5-9H,1-4H3,(H2,15,20,22)(H2,16,21,23);/q;+2/p-2/b18-10+,19-12+;. The molecule has 1 rings (SSSR count). The third kappa shape index (κ3) is 7.31. The quantitative estimate of drug-likeness (QED) is 0.249. The van der Waals surface area contributed by atoms with E-state index in [0.717, 1.165) is 5.56 Å². The summed E-state index contributed by atoms with van der Waals surface area (Å²) in [5.41, 5.74) is 7.77. The molecule has 7 nitrogen and oxygen atoms in total. The van der Waals surface area contributed by atoms with Crippen molar-refractivity contribution in [3.8, 4) is 0 Å². The van der Waals surface area contributed by atoms with E-state index >= 15 is 0 Å². The van der Waals surface area contributed by atoms with Crippen LogP contribution in [0.3, 0.4) is 0 Å². The largest absolute Gasteiger partial charge is 2.00 e. The van der Waals surface area contributed by atoms with E-state index in [1.807, 2.05) is 26.0 Å². The molecule has 1 atom stereocenters. The van der Waals surface area contributed by atoms with Gasteiger partial charge in [0.2, 0.25) is 0 Å². The maximum atomic E-state index is 5.00. The maximum Gasteiger partial charge on any atom is 2.00 e. The van der Waals surface area contributed by atoms with Crippen molar-refractivity contribution >= 4 is 47.0 Å². The first-order valence-electron chi connectivity index (χ1n) is 6.81. The summed E-state index contributed by atoms with van der Waals surface area (Å²) in [7, 11) is 3.19. The van der Waals surface area contributed by atoms with Gasteiger partial charge in [0.1, 0.15) is 0 Å². The fraction of sp³-hybridized carbons (Fsp3) is 0.357. The van der Waals surface area contributed by atoms with E-state index in [4.69, 9.17) is 25.3 Å². The van der Waals surface area contributed by atoms with Gasteiger partial charge < -0.3 is 25.3 Å². The number of nitrogens with zero attached hydrogens (tertiary/aromatic N) is 5. The number of hydrogen-bond donors (Lipinski definition) is 2. The molecule has 0 spiro atoms. The summed E-state index contributed by atoms with van der Waals surface area (Å²) in [6.07, 6.45) is 3.51. The van der Waals surface area contributed by atoms with E-state index in [2.05, 4.69) is 36.0 Å². The van der Waals surface area contributed by atoms with Gasteiger partial charge in [-0.2, -0.15) is 10.2 Å². The molecule has 24 heavy (non-hydrogen) atoms. The first-order chi connectivity index (χ1) is 11.0. The molecule has 1 unspecified atom stereocenters. The molecule has 0 bridgehead atoms. The van der Waals surface area contributed by atoms with Crippen LogP contribution >= 0.6 is 0 Å². The number of nitrogens with one attached hydrogen (secondary N) is 2. The van der Waals surface area contributed by atoms with E-state index < -0.39 is 0 Å². The molecule has 0 aliphatic rings. The average Bonchev–Trinajstić information content (AvgIpc) is 2.59. The fourth-order valence-corrected chi connectivity index (χ4v) is 1.77. The van der Waals surface area contributed by atoms with Crippen molar-refractivity contribution in [1.29, 1.82) is 0 Å². The van der Waals surface area contributed by atoms with Crippen LogP contribution in [0.5, 0.6) is 0 Å². The number of amidine groups is 2. The third-order valence-electron chi connectivity index (χ3n) is 2.96. The number of rotatable bonds is 5. The Morgan fingerprint density at radius 3 is 2.21 bits per heavy atom. The minimum atomic E-state index is -0.0476. The second-order valence-electron chi connectivity index (χ2n) is 4.48. The van der Waals surface area contributed by atoms with Gasteiger partial charge in [0.05, 0.1) is 11.4 Å². The van der Waals surface area contributed by atoms with E-state index in [9.17, 15) is 0 Å². The van der Waals surface area contributed by atoms with Crippen LogP contribution in [0.2, 0.25) is 0 Å². The summed E-state index contributed by atoms with van der Waals surface area (Å²) in [6.45, 7) is 3.83. The molecular formula is C14H19CuN7S2. The van der Waals surface area contributed by atoms with Crippen LogP contribution in [0.25, 0.3) is 0 Å². The summed E-state index contributed by atoms with van der Waals surface area (Å²) >= 11 is 9.96. The van der Waals surface area contributed by atoms with Gasteiger partial charge in [0.25, 0.3) is 0 Å². The number of aromatic nitrogens is 1. The monoisotopic (exact) mass is 412 g/mol. The molecule has 133 valence electrons. The van der Waals surface area contributed by atoms with Gasteiger partial charge in [0, 0.05) is 32.4 Å². The van der Waals surface area contributed by atoms with Crippen LogP contribution < -0.4 is 10.9 Å². The Morgan fingerprint density at radius 2 is 1.71 bits per heavy atom. The van der Waals surface area contributed by atoms with Gasteiger partial charge in [-0.15, -0.1) is 0 Å². The third-order valence-corrected chi connectivity index (χ3v) is 3.51. The van der Waals surface area contributed by atoms with Crippen molar-refractivity contribution in [2.24, 2.45) is 20.2 Å². The smallest absolute Gasteiger partial charge is 0.741 e. The van der Waals surface area contributed by atoms with Gasteiger partial charge in [0.15, 0.2) is 0 Å². The number of aliphatic imine (C=N–C) groups is 2. The van der Waals surface area contributed by atoms with Crippen LogP contribution in [0.15, 0.2) is 44.7 Å². The van der Waals surface area contributed by atoms with E-state index in [0.29, 0.717) is 21.8 Å². The van der Waals surface area contributed by atoms with Crippen LogP contribution in [-0.2, 0) is 42.3 Å². The Balaban J connectivity index is 0.00000529. The number of hydrogen-bond acceptors (Lipinski definition) is 7. The molecule has 0 aliphatic carbocycles. The zero-order chi connectivity index (χ0) is 17.2. The fourth-order valence-electron chi connectivity index (χ4n) is 1.68. The van der Waals surface area contributed by atoms with Crippen molar-refractivity contribution in [1.82, 2.24) is 15.8 Å². The summed E-state index contributed by atoms with van der Waals surface area (Å²) in [6, 6.07) is 3.85. The Bertz CT molecular complexity index is 629. The summed E-state index contributed by atoms with van der Waals surface area (Å²) in [4.78, 5) is 11.8. The first-order valence-corrected chi connectivity index (χ1v) is 7.63. The maximum absolute atomic E-state index is 5.00. The van der Waals surface area contributed by atoms with Crippen LogP contribution in [0.4, 0.5) is 0 Å². The predicted molar refractivity (Wildman–Crippen MR) is 101 cm³/mol. The van der Waals surface area contributed by atoms with Gasteiger partial charge >= 0.3 is 17.1 Å². The molecule has 0 amide bonds. The topological polar surface area (TPSA) is 86.4 Å². The normalized spacial score (nSPS) is 14.7. The molecule has 1 heterocycles. The minimum absolute atomic E-state index is 0. The Hall–Kier alpha value is -1.61. The second-order valence-corrected chi connectivity index (χ2v) is 5.26. The van der Waals surface area contributed by atoms with Crippen molar-refractivity contribution in [3.63, 3.8) is 0 Å². The van der Waals surface area contributed by atoms with E-state index in [1.54, 1.807) is 26.5 Å². The average molecular weight is 413 g/mol. The Labute approximate surface area is 163 Å². The number of hydrazone groups is 2. The Morgan fingerprint density at radius 1 is 1.12 bits per heavy atom. The number of pyridine rings is 1. The van der Waals surface area contributed by atoms with Gasteiger partial charge in [-0.05, 0) is 28.9 Å². The van der Waals surface area contributed by atoms with Crippen molar-refractivity contribution < 1.29 is 17.1 Å². The zero-order valence-electron chi connectivity index (χ0n) is 13.7. The molecule has 1 aromatic heterocycles. The summed E-state index contributed by atoms with van der Waals surface area (Å²) in [5, 5.41) is 9.13.